The monoisotopic (exact) mass is 124 g/mol. The highest BCUT2D eigenvalue weighted by Crippen LogP contribution is 1.98. The van der Waals surface area contributed by atoms with Crippen LogP contribution in [0.2, 0.25) is 0 Å². The molecule has 0 N–H and O–H groups in total. The molecule has 0 bridgehead atoms. The summed E-state index contributed by atoms with van der Waals surface area (Å²) in [4.78, 5) is 6.32. The van der Waals surface area contributed by atoms with Gasteiger partial charge in [-0.1, -0.05) is 6.92 Å². The fourth-order valence-electron chi connectivity index (χ4n) is 0.837. The van der Waals surface area contributed by atoms with Crippen molar-refractivity contribution in [1.29, 1.82) is 0 Å². The van der Waals surface area contributed by atoms with Crippen molar-refractivity contribution in [2.45, 2.75) is 13.3 Å². The summed E-state index contributed by atoms with van der Waals surface area (Å²) in [5.74, 6) is 0. The molecule has 9 heavy (non-hydrogen) atoms. The predicted octanol–water partition coefficient (Wildman–Crippen LogP) is 1.25. The Morgan fingerprint density at radius 2 is 2.56 bits per heavy atom. The van der Waals surface area contributed by atoms with Gasteiger partial charge in [0.25, 0.3) is 0 Å². The van der Waals surface area contributed by atoms with Gasteiger partial charge >= 0.3 is 0 Å². The molecule has 0 saturated carbocycles. The van der Waals surface area contributed by atoms with Crippen LogP contribution in [0.25, 0.3) is 0 Å². The second-order valence-electron chi connectivity index (χ2n) is 2.26. The molecule has 0 amide bonds. The lowest BCUT2D eigenvalue weighted by Gasteiger charge is -2.17. The van der Waals surface area contributed by atoms with Crippen molar-refractivity contribution >= 4 is 5.71 Å². The molecule has 0 aromatic rings. The molecule has 0 aromatic heterocycles. The molecule has 0 unspecified atom stereocenters. The van der Waals surface area contributed by atoms with Crippen molar-refractivity contribution in [3.8, 4) is 0 Å². The molecule has 1 aliphatic heterocycles. The topological polar surface area (TPSA) is 15.6 Å². The Morgan fingerprint density at radius 3 is 3.00 bits per heavy atom. The lowest BCUT2D eigenvalue weighted by Crippen LogP contribution is -2.22. The molecule has 0 saturated heterocycles. The second-order valence-corrected chi connectivity index (χ2v) is 2.26. The average Bonchev–Trinajstić information content (AvgIpc) is 1.88. The molecule has 50 valence electrons. The first-order chi connectivity index (χ1) is 4.33. The number of nitrogens with zero attached hydrogens (tertiary/aromatic N) is 2. The number of aliphatic imine (C=N–C) groups is 1. The first-order valence-electron chi connectivity index (χ1n) is 3.25. The maximum atomic E-state index is 4.19. The molecule has 0 aliphatic carbocycles. The zero-order valence-electron chi connectivity index (χ0n) is 5.96. The van der Waals surface area contributed by atoms with E-state index in [1.807, 2.05) is 12.4 Å². The minimum atomic E-state index is 0.993. The highest BCUT2D eigenvalue weighted by Gasteiger charge is 2.00. The third-order valence-electron chi connectivity index (χ3n) is 1.42. The fraction of sp³-hybridized carbons (Fsp3) is 0.571. The van der Waals surface area contributed by atoms with E-state index < -0.39 is 0 Å². The summed E-state index contributed by atoms with van der Waals surface area (Å²) in [6.45, 7) is 3.12. The van der Waals surface area contributed by atoms with E-state index in [1.54, 1.807) is 0 Å². The Hall–Kier alpha value is -0.790. The van der Waals surface area contributed by atoms with Gasteiger partial charge in [-0.2, -0.15) is 0 Å². The Balaban J connectivity index is 2.55. The van der Waals surface area contributed by atoms with E-state index in [1.165, 1.54) is 5.71 Å². The van der Waals surface area contributed by atoms with Gasteiger partial charge < -0.3 is 4.90 Å². The molecule has 0 atom stereocenters. The van der Waals surface area contributed by atoms with Crippen LogP contribution >= 0.6 is 0 Å². The molecule has 2 heteroatoms. The Kier molecular flexibility index (Phi) is 1.88. The van der Waals surface area contributed by atoms with Gasteiger partial charge in [0, 0.05) is 25.2 Å². The van der Waals surface area contributed by atoms with E-state index in [4.69, 9.17) is 0 Å². The van der Waals surface area contributed by atoms with E-state index >= 15 is 0 Å². The summed E-state index contributed by atoms with van der Waals surface area (Å²) in [7, 11) is 2.06. The Labute approximate surface area is 55.9 Å². The van der Waals surface area contributed by atoms with E-state index in [0.29, 0.717) is 0 Å². The fourth-order valence-corrected chi connectivity index (χ4v) is 0.837. The van der Waals surface area contributed by atoms with Crippen LogP contribution in [0, 0.1) is 0 Å². The molecule has 0 fully saturated rings. The number of rotatable bonds is 1. The van der Waals surface area contributed by atoms with Crippen molar-refractivity contribution in [1.82, 2.24) is 4.90 Å². The van der Waals surface area contributed by atoms with Crippen molar-refractivity contribution < 1.29 is 0 Å². The van der Waals surface area contributed by atoms with E-state index in [-0.39, 0.29) is 0 Å². The Morgan fingerprint density at radius 1 is 1.78 bits per heavy atom. The standard InChI is InChI=1S/C7H12N2/c1-3-7-6-9(2)5-4-8-7/h4-5H,3,6H2,1-2H3. The largest absolute Gasteiger partial charge is 0.374 e. The van der Waals surface area contributed by atoms with Crippen LogP contribution in [0.3, 0.4) is 0 Å². The molecule has 0 spiro atoms. The van der Waals surface area contributed by atoms with Gasteiger partial charge in [-0.15, -0.1) is 0 Å². The third kappa shape index (κ3) is 1.56. The van der Waals surface area contributed by atoms with Crippen LogP contribution in [0.1, 0.15) is 13.3 Å². The highest BCUT2D eigenvalue weighted by atomic mass is 15.1. The van der Waals surface area contributed by atoms with Crippen molar-refractivity contribution in [3.05, 3.63) is 12.4 Å². The van der Waals surface area contributed by atoms with Gasteiger partial charge in [-0.25, -0.2) is 0 Å². The van der Waals surface area contributed by atoms with Crippen LogP contribution in [0.15, 0.2) is 17.4 Å². The lowest BCUT2D eigenvalue weighted by molar-refractivity contribution is 0.513. The van der Waals surface area contributed by atoms with Gasteiger partial charge in [0.2, 0.25) is 0 Å². The quantitative estimate of drug-likeness (QED) is 0.513. The van der Waals surface area contributed by atoms with Crippen molar-refractivity contribution in [2.75, 3.05) is 13.6 Å². The number of hydrogen-bond donors (Lipinski definition) is 0. The zero-order valence-corrected chi connectivity index (χ0v) is 5.96. The maximum absolute atomic E-state index is 4.19. The summed E-state index contributed by atoms with van der Waals surface area (Å²) < 4.78 is 0. The number of hydrogen-bond acceptors (Lipinski definition) is 2. The molecule has 2 nitrogen and oxygen atoms in total. The maximum Gasteiger partial charge on any atom is 0.0554 e. The van der Waals surface area contributed by atoms with Crippen LogP contribution in [0.5, 0.6) is 0 Å². The molecule has 1 heterocycles. The molecular formula is C7H12N2. The molecule has 1 rings (SSSR count). The Bertz CT molecular complexity index is 147. The van der Waals surface area contributed by atoms with Gasteiger partial charge in [0.05, 0.1) is 6.54 Å². The normalized spacial score (nSPS) is 18.0. The minimum Gasteiger partial charge on any atom is -0.374 e. The van der Waals surface area contributed by atoms with E-state index in [0.717, 1.165) is 13.0 Å². The summed E-state index contributed by atoms with van der Waals surface area (Å²) in [6, 6.07) is 0. The first kappa shape index (κ1) is 6.33. The van der Waals surface area contributed by atoms with Crippen molar-refractivity contribution in [2.24, 2.45) is 4.99 Å². The molecular weight excluding hydrogens is 112 g/mol. The van der Waals surface area contributed by atoms with Gasteiger partial charge in [-0.05, 0) is 6.42 Å². The molecule has 0 radical (unpaired) electrons. The smallest absolute Gasteiger partial charge is 0.0554 e. The summed E-state index contributed by atoms with van der Waals surface area (Å²) in [6.07, 6.45) is 4.90. The minimum absolute atomic E-state index is 0.993. The van der Waals surface area contributed by atoms with Crippen LogP contribution < -0.4 is 0 Å². The van der Waals surface area contributed by atoms with Crippen LogP contribution in [-0.2, 0) is 0 Å². The summed E-state index contributed by atoms with van der Waals surface area (Å²) in [5, 5.41) is 0. The highest BCUT2D eigenvalue weighted by molar-refractivity contribution is 5.87. The summed E-state index contributed by atoms with van der Waals surface area (Å²) >= 11 is 0. The lowest BCUT2D eigenvalue weighted by atomic mass is 10.2. The van der Waals surface area contributed by atoms with Gasteiger partial charge in [0.1, 0.15) is 0 Å². The zero-order chi connectivity index (χ0) is 6.69. The van der Waals surface area contributed by atoms with E-state index in [9.17, 15) is 0 Å². The predicted molar refractivity (Wildman–Crippen MR) is 39.5 cm³/mol. The van der Waals surface area contributed by atoms with Crippen LogP contribution in [0.4, 0.5) is 0 Å². The second kappa shape index (κ2) is 2.67. The average molecular weight is 124 g/mol. The molecule has 0 aromatic carbocycles. The first-order valence-corrected chi connectivity index (χ1v) is 3.25. The molecule has 1 aliphatic rings. The van der Waals surface area contributed by atoms with Crippen molar-refractivity contribution in [3.63, 3.8) is 0 Å². The summed E-state index contributed by atoms with van der Waals surface area (Å²) in [5.41, 5.74) is 1.26. The van der Waals surface area contributed by atoms with Gasteiger partial charge in [0.15, 0.2) is 0 Å². The van der Waals surface area contributed by atoms with E-state index in [2.05, 4.69) is 23.9 Å². The SMILES string of the molecule is CCC1=NC=CN(C)C1. The van der Waals surface area contributed by atoms with Gasteiger partial charge in [-0.3, -0.25) is 4.99 Å². The third-order valence-corrected chi connectivity index (χ3v) is 1.42. The van der Waals surface area contributed by atoms with Crippen LogP contribution in [-0.4, -0.2) is 24.2 Å².